The van der Waals surface area contributed by atoms with Gasteiger partial charge in [-0.25, -0.2) is 15.0 Å². The van der Waals surface area contributed by atoms with E-state index in [4.69, 9.17) is 19.7 Å². The molecule has 3 atom stereocenters. The number of hydrogen-bond acceptors (Lipinski definition) is 4. The maximum atomic E-state index is 6.70. The van der Waals surface area contributed by atoms with Crippen LogP contribution >= 0.6 is 0 Å². The van der Waals surface area contributed by atoms with Crippen molar-refractivity contribution in [1.29, 1.82) is 0 Å². The van der Waals surface area contributed by atoms with Crippen LogP contribution in [0.3, 0.4) is 0 Å². The molecule has 280 valence electrons. The number of ether oxygens (including phenoxy) is 1. The fourth-order valence-electron chi connectivity index (χ4n) is 8.80. The summed E-state index contributed by atoms with van der Waals surface area (Å²) in [5, 5.41) is 2.40. The highest BCUT2D eigenvalue weighted by molar-refractivity contribution is 5.92. The molecule has 7 aromatic carbocycles. The Morgan fingerprint density at radius 2 is 1.05 bits per heavy atom. The lowest BCUT2D eigenvalue weighted by Crippen LogP contribution is -2.21. The van der Waals surface area contributed by atoms with Gasteiger partial charge in [0.05, 0.1) is 5.92 Å². The van der Waals surface area contributed by atoms with Gasteiger partial charge in [-0.2, -0.15) is 0 Å². The maximum absolute atomic E-state index is 6.70. The van der Waals surface area contributed by atoms with E-state index in [0.29, 0.717) is 23.4 Å². The summed E-state index contributed by atoms with van der Waals surface area (Å²) in [5.41, 5.74) is 12.4. The highest BCUT2D eigenvalue weighted by atomic mass is 16.5. The summed E-state index contributed by atoms with van der Waals surface area (Å²) >= 11 is 0. The van der Waals surface area contributed by atoms with Gasteiger partial charge in [0.25, 0.3) is 0 Å². The average molecular weight is 758 g/mol. The zero-order valence-electron chi connectivity index (χ0n) is 32.3. The lowest BCUT2D eigenvalue weighted by Gasteiger charge is -2.23. The lowest BCUT2D eigenvalue weighted by atomic mass is 9.80. The quantitative estimate of drug-likeness (QED) is 0.162. The van der Waals surface area contributed by atoms with Crippen molar-refractivity contribution >= 4 is 16.3 Å². The Labute approximate surface area is 344 Å². The number of rotatable bonds is 7. The molecular formula is C55H39N3O. The maximum Gasteiger partial charge on any atom is 0.164 e. The van der Waals surface area contributed by atoms with Crippen LogP contribution in [-0.2, 0) is 0 Å². The molecule has 8 aromatic rings. The van der Waals surface area contributed by atoms with E-state index >= 15 is 0 Å². The fourth-order valence-corrected chi connectivity index (χ4v) is 8.80. The first-order valence-corrected chi connectivity index (χ1v) is 20.4. The minimum absolute atomic E-state index is 0.105. The first-order chi connectivity index (χ1) is 29.2. The third-order valence-electron chi connectivity index (χ3n) is 11.9. The van der Waals surface area contributed by atoms with Gasteiger partial charge in [0.15, 0.2) is 17.5 Å². The Kier molecular flexibility index (Phi) is 8.74. The van der Waals surface area contributed by atoms with E-state index in [1.807, 2.05) is 18.2 Å². The topological polar surface area (TPSA) is 47.9 Å². The van der Waals surface area contributed by atoms with Crippen molar-refractivity contribution in [3.8, 4) is 61.9 Å². The summed E-state index contributed by atoms with van der Waals surface area (Å²) in [4.78, 5) is 15.5. The highest BCUT2D eigenvalue weighted by Gasteiger charge is 2.40. The zero-order chi connectivity index (χ0) is 39.1. The third-order valence-corrected chi connectivity index (χ3v) is 11.9. The van der Waals surface area contributed by atoms with Crippen molar-refractivity contribution in [2.45, 2.75) is 24.4 Å². The van der Waals surface area contributed by atoms with Crippen LogP contribution in [0.15, 0.2) is 206 Å². The lowest BCUT2D eigenvalue weighted by molar-refractivity contribution is 0.271. The van der Waals surface area contributed by atoms with Gasteiger partial charge in [-0.15, -0.1) is 0 Å². The van der Waals surface area contributed by atoms with Crippen molar-refractivity contribution in [1.82, 2.24) is 15.0 Å². The summed E-state index contributed by atoms with van der Waals surface area (Å²) in [7, 11) is 0. The van der Waals surface area contributed by atoms with Crippen LogP contribution in [0, 0.1) is 0 Å². The van der Waals surface area contributed by atoms with Gasteiger partial charge in [0.2, 0.25) is 0 Å². The van der Waals surface area contributed by atoms with Crippen LogP contribution in [0.4, 0.5) is 0 Å². The van der Waals surface area contributed by atoms with E-state index in [9.17, 15) is 0 Å². The fraction of sp³-hybridized carbons (Fsp3) is 0.0727. The number of aromatic nitrogens is 3. The van der Waals surface area contributed by atoms with Crippen LogP contribution in [0.25, 0.3) is 72.5 Å². The molecule has 0 bridgehead atoms. The molecular weight excluding hydrogens is 719 g/mol. The van der Waals surface area contributed by atoms with E-state index in [-0.39, 0.29) is 12.0 Å². The molecule has 4 heteroatoms. The average Bonchev–Trinajstić information content (AvgIpc) is 3.71. The van der Waals surface area contributed by atoms with Gasteiger partial charge < -0.3 is 4.74 Å². The van der Waals surface area contributed by atoms with Crippen molar-refractivity contribution in [3.63, 3.8) is 0 Å². The first-order valence-electron chi connectivity index (χ1n) is 20.4. The summed E-state index contributed by atoms with van der Waals surface area (Å²) in [6.07, 6.45) is 16.0. The van der Waals surface area contributed by atoms with Crippen molar-refractivity contribution in [2.75, 3.05) is 0 Å². The summed E-state index contributed by atoms with van der Waals surface area (Å²) < 4.78 is 6.70. The second-order valence-corrected chi connectivity index (χ2v) is 15.5. The van der Waals surface area contributed by atoms with Gasteiger partial charge in [-0.05, 0) is 80.4 Å². The number of hydrogen-bond donors (Lipinski definition) is 0. The number of allylic oxidation sites excluding steroid dienone is 6. The van der Waals surface area contributed by atoms with Crippen LogP contribution in [0.5, 0.6) is 5.75 Å². The molecule has 3 unspecified atom stereocenters. The molecule has 11 rings (SSSR count). The molecule has 3 aliphatic rings. The van der Waals surface area contributed by atoms with Crippen LogP contribution in [0.2, 0.25) is 0 Å². The molecule has 0 spiro atoms. The van der Waals surface area contributed by atoms with Crippen molar-refractivity contribution in [3.05, 3.63) is 223 Å². The summed E-state index contributed by atoms with van der Waals surface area (Å²) in [6.45, 7) is 0. The minimum atomic E-state index is -0.184. The smallest absolute Gasteiger partial charge is 0.164 e. The molecule has 4 nitrogen and oxygen atoms in total. The Morgan fingerprint density at radius 3 is 1.76 bits per heavy atom. The van der Waals surface area contributed by atoms with Crippen LogP contribution in [-0.4, -0.2) is 21.1 Å². The molecule has 1 aliphatic heterocycles. The van der Waals surface area contributed by atoms with Gasteiger partial charge in [0, 0.05) is 28.2 Å². The summed E-state index contributed by atoms with van der Waals surface area (Å²) in [6, 6.07) is 58.1. The van der Waals surface area contributed by atoms with E-state index in [0.717, 1.165) is 51.1 Å². The molecule has 0 saturated carbocycles. The first kappa shape index (κ1) is 34.8. The molecule has 0 amide bonds. The third kappa shape index (κ3) is 6.59. The van der Waals surface area contributed by atoms with Gasteiger partial charge >= 0.3 is 0 Å². The number of nitrogens with zero attached hydrogens (tertiary/aromatic N) is 3. The van der Waals surface area contributed by atoms with Crippen molar-refractivity contribution < 1.29 is 4.74 Å². The van der Waals surface area contributed by atoms with Crippen LogP contribution in [0.1, 0.15) is 35.2 Å². The van der Waals surface area contributed by atoms with Gasteiger partial charge in [-0.3, -0.25) is 0 Å². The van der Waals surface area contributed by atoms with E-state index < -0.39 is 0 Å². The molecule has 2 aliphatic carbocycles. The normalized spacial score (nSPS) is 17.6. The number of fused-ring (bicyclic) bond motifs is 4. The zero-order valence-corrected chi connectivity index (χ0v) is 32.3. The second kappa shape index (κ2) is 14.8. The molecule has 0 saturated heterocycles. The monoisotopic (exact) mass is 757 g/mol. The Bertz CT molecular complexity index is 2980. The predicted octanol–water partition coefficient (Wildman–Crippen LogP) is 13.5. The van der Waals surface area contributed by atoms with Crippen molar-refractivity contribution in [2.24, 2.45) is 0 Å². The predicted molar refractivity (Wildman–Crippen MR) is 241 cm³/mol. The molecule has 0 N–H and O–H groups in total. The molecule has 0 radical (unpaired) electrons. The van der Waals surface area contributed by atoms with E-state index in [1.165, 1.54) is 33.0 Å². The SMILES string of the molecule is C1=CCC(c2ccc(-c3ccc(-c4nc(C5=CC=CC6Oc7cccc(-c8ccc9cc(-c%10ccccc%10)ccc9c8)c7C56)nc(-c5ccccc5)n4)cc3)cc2)C=C1. The molecule has 2 heterocycles. The Balaban J connectivity index is 0.957. The number of benzene rings is 7. The van der Waals surface area contributed by atoms with E-state index in [1.54, 1.807) is 0 Å². The minimum Gasteiger partial charge on any atom is -0.485 e. The Hall–Kier alpha value is -7.43. The van der Waals surface area contributed by atoms with Crippen LogP contribution < -0.4 is 4.74 Å². The molecule has 0 fully saturated rings. The highest BCUT2D eigenvalue weighted by Crippen LogP contribution is 2.51. The van der Waals surface area contributed by atoms with Gasteiger partial charge in [-0.1, -0.05) is 182 Å². The Morgan fingerprint density at radius 1 is 0.458 bits per heavy atom. The standard InChI is InChI=1S/C55H39N3O/c1-4-12-36(13-5-1)38-22-24-39(25-23-38)40-26-28-42(29-27-40)54-56-53(41-16-8-3-9-17-41)57-55(58-54)48-19-11-21-50-52(48)51-47(18-10-20-49(51)59-50)46-33-32-44-34-43(30-31-45(44)35-46)37-14-6-2-7-15-37/h1-12,14-36,50,52H,13H2. The summed E-state index contributed by atoms with van der Waals surface area (Å²) in [5.74, 6) is 3.14. The largest absolute Gasteiger partial charge is 0.485 e. The molecule has 59 heavy (non-hydrogen) atoms. The van der Waals surface area contributed by atoms with Gasteiger partial charge in [0.1, 0.15) is 11.9 Å². The second-order valence-electron chi connectivity index (χ2n) is 15.5. The van der Waals surface area contributed by atoms with E-state index in [2.05, 4.69) is 188 Å². The molecule has 1 aromatic heterocycles.